The topological polar surface area (TPSA) is 176 Å². The van der Waals surface area contributed by atoms with Gasteiger partial charge in [-0.2, -0.15) is 0 Å². The molecule has 0 saturated carbocycles. The Morgan fingerprint density at radius 2 is 1.49 bits per heavy atom. The van der Waals surface area contributed by atoms with Gasteiger partial charge in [-0.25, -0.2) is 13.6 Å². The Labute approximate surface area is 237 Å². The standard InChI is InChI=1S/C29H32N4O7S/c1-17(2)13-25(26(34)31-16-18-7-9-21(10-8-18)41(30,39)40)32-24(29(37)38)11-12-33-27(35)22-14-19-5-3-4-6-20(19)15-23(22)28(33)36/h3-10,14-15,17,24-25,32H,11-13,16H2,1-2H3,(H,31,34)(H,37,38)(H2,30,39,40)/t24?,25-/m1/s1. The van der Waals surface area contributed by atoms with E-state index in [1.807, 2.05) is 38.1 Å². The number of hydrogen-bond donors (Lipinski definition) is 4. The lowest BCUT2D eigenvalue weighted by molar-refractivity contribution is -0.140. The average Bonchev–Trinajstić information content (AvgIpc) is 3.15. The minimum atomic E-state index is -3.84. The summed E-state index contributed by atoms with van der Waals surface area (Å²) in [6, 6.07) is 14.4. The second-order valence-corrected chi connectivity index (χ2v) is 12.0. The van der Waals surface area contributed by atoms with E-state index in [4.69, 9.17) is 5.14 Å². The van der Waals surface area contributed by atoms with Gasteiger partial charge in [-0.15, -0.1) is 0 Å². The van der Waals surface area contributed by atoms with Gasteiger partial charge in [-0.3, -0.25) is 29.4 Å². The maximum absolute atomic E-state index is 13.1. The Hall–Kier alpha value is -4.13. The lowest BCUT2D eigenvalue weighted by atomic mass is 10.0. The van der Waals surface area contributed by atoms with Crippen LogP contribution in [0.2, 0.25) is 0 Å². The summed E-state index contributed by atoms with van der Waals surface area (Å²) in [6.45, 7) is 3.74. The smallest absolute Gasteiger partial charge is 0.320 e. The highest BCUT2D eigenvalue weighted by atomic mass is 32.2. The highest BCUT2D eigenvalue weighted by Gasteiger charge is 2.37. The van der Waals surface area contributed by atoms with E-state index in [1.54, 1.807) is 12.1 Å². The second-order valence-electron chi connectivity index (χ2n) is 10.4. The zero-order valence-electron chi connectivity index (χ0n) is 22.7. The van der Waals surface area contributed by atoms with Crippen LogP contribution in [-0.4, -0.2) is 60.7 Å². The molecular formula is C29H32N4O7S. The van der Waals surface area contributed by atoms with Gasteiger partial charge in [0.15, 0.2) is 0 Å². The van der Waals surface area contributed by atoms with Crippen molar-refractivity contribution in [3.8, 4) is 0 Å². The third kappa shape index (κ3) is 6.96. The number of imide groups is 1. The number of rotatable bonds is 12. The summed E-state index contributed by atoms with van der Waals surface area (Å²) in [6.07, 6.45) is 0.233. The molecule has 0 aliphatic carbocycles. The summed E-state index contributed by atoms with van der Waals surface area (Å²) >= 11 is 0. The summed E-state index contributed by atoms with van der Waals surface area (Å²) in [4.78, 5) is 52.3. The molecule has 12 heteroatoms. The molecule has 3 amide bonds. The first-order valence-corrected chi connectivity index (χ1v) is 14.7. The first-order chi connectivity index (χ1) is 19.3. The number of carbonyl (C=O) groups excluding carboxylic acids is 3. The second kappa shape index (κ2) is 12.2. The highest BCUT2D eigenvalue weighted by molar-refractivity contribution is 7.89. The van der Waals surface area contributed by atoms with Crippen LogP contribution in [0.3, 0.4) is 0 Å². The number of amides is 3. The molecule has 0 radical (unpaired) electrons. The fraction of sp³-hybridized carbons (Fsp3) is 0.310. The minimum Gasteiger partial charge on any atom is -0.480 e. The molecule has 0 saturated heterocycles. The maximum Gasteiger partial charge on any atom is 0.320 e. The number of nitrogens with zero attached hydrogens (tertiary/aromatic N) is 1. The Balaban J connectivity index is 1.42. The number of carboxylic acids is 1. The van der Waals surface area contributed by atoms with E-state index in [-0.39, 0.29) is 41.5 Å². The third-order valence-electron chi connectivity index (χ3n) is 6.92. The van der Waals surface area contributed by atoms with E-state index < -0.39 is 45.8 Å². The van der Waals surface area contributed by atoms with Crippen LogP contribution in [0.15, 0.2) is 65.6 Å². The zero-order chi connectivity index (χ0) is 29.9. The Morgan fingerprint density at radius 3 is 1.98 bits per heavy atom. The third-order valence-corrected chi connectivity index (χ3v) is 7.85. The van der Waals surface area contributed by atoms with Crippen molar-refractivity contribution in [3.63, 3.8) is 0 Å². The molecule has 216 valence electrons. The first kappa shape index (κ1) is 29.8. The lowest BCUT2D eigenvalue weighted by Gasteiger charge is -2.25. The quantitative estimate of drug-likeness (QED) is 0.236. The largest absolute Gasteiger partial charge is 0.480 e. The van der Waals surface area contributed by atoms with Gasteiger partial charge in [0.05, 0.1) is 22.1 Å². The zero-order valence-corrected chi connectivity index (χ0v) is 23.5. The molecule has 1 aliphatic rings. The Kier molecular flexibility index (Phi) is 8.86. The summed E-state index contributed by atoms with van der Waals surface area (Å²) in [5.41, 5.74) is 1.19. The molecule has 0 spiro atoms. The number of hydrogen-bond acceptors (Lipinski definition) is 7. The van der Waals surface area contributed by atoms with Crippen molar-refractivity contribution >= 4 is 44.5 Å². The number of carbonyl (C=O) groups is 4. The summed E-state index contributed by atoms with van der Waals surface area (Å²) in [5.74, 6) is -2.57. The molecule has 5 N–H and O–H groups in total. The molecule has 1 unspecified atom stereocenters. The van der Waals surface area contributed by atoms with Crippen molar-refractivity contribution < 1.29 is 32.7 Å². The van der Waals surface area contributed by atoms with Crippen LogP contribution < -0.4 is 15.8 Å². The van der Waals surface area contributed by atoms with E-state index in [0.29, 0.717) is 12.0 Å². The normalized spacial score (nSPS) is 14.8. The number of aliphatic carboxylic acids is 1. The molecule has 11 nitrogen and oxygen atoms in total. The fourth-order valence-corrected chi connectivity index (χ4v) is 5.31. The molecule has 1 heterocycles. The number of nitrogens with one attached hydrogen (secondary N) is 2. The summed E-state index contributed by atoms with van der Waals surface area (Å²) in [7, 11) is -3.84. The number of benzene rings is 3. The summed E-state index contributed by atoms with van der Waals surface area (Å²) < 4.78 is 22.9. The molecule has 3 aromatic carbocycles. The molecule has 0 bridgehead atoms. The van der Waals surface area contributed by atoms with Gasteiger partial charge < -0.3 is 10.4 Å². The van der Waals surface area contributed by atoms with Crippen LogP contribution in [0.1, 0.15) is 53.0 Å². The van der Waals surface area contributed by atoms with Crippen LogP contribution >= 0.6 is 0 Å². The van der Waals surface area contributed by atoms with Crippen LogP contribution in [0.5, 0.6) is 0 Å². The number of sulfonamides is 1. The van der Waals surface area contributed by atoms with Crippen molar-refractivity contribution in [1.82, 2.24) is 15.5 Å². The van der Waals surface area contributed by atoms with E-state index in [0.717, 1.165) is 15.7 Å². The molecule has 41 heavy (non-hydrogen) atoms. The molecule has 3 aromatic rings. The number of primary sulfonamides is 1. The predicted molar refractivity (Wildman–Crippen MR) is 151 cm³/mol. The lowest BCUT2D eigenvalue weighted by Crippen LogP contribution is -2.52. The van der Waals surface area contributed by atoms with E-state index >= 15 is 0 Å². The molecular weight excluding hydrogens is 548 g/mol. The SMILES string of the molecule is CC(C)C[C@@H](NC(CCN1C(=O)c2cc3ccccc3cc2C1=O)C(=O)O)C(=O)NCc1ccc(S(N)(=O)=O)cc1. The average molecular weight is 581 g/mol. The van der Waals surface area contributed by atoms with Gasteiger partial charge in [0, 0.05) is 13.1 Å². The number of carboxylic acid groups (broad SMARTS) is 1. The van der Waals surface area contributed by atoms with E-state index in [2.05, 4.69) is 10.6 Å². The molecule has 2 atom stereocenters. The predicted octanol–water partition coefficient (Wildman–Crippen LogP) is 2.25. The van der Waals surface area contributed by atoms with Crippen LogP contribution in [-0.2, 0) is 26.2 Å². The fourth-order valence-electron chi connectivity index (χ4n) is 4.79. The minimum absolute atomic E-state index is 0.0482. The van der Waals surface area contributed by atoms with Crippen molar-refractivity contribution in [2.45, 2.75) is 50.2 Å². The molecule has 0 fully saturated rings. The van der Waals surface area contributed by atoms with Crippen LogP contribution in [0.4, 0.5) is 0 Å². The van der Waals surface area contributed by atoms with E-state index in [1.165, 1.54) is 24.3 Å². The van der Waals surface area contributed by atoms with Crippen LogP contribution in [0.25, 0.3) is 10.8 Å². The van der Waals surface area contributed by atoms with Crippen molar-refractivity contribution in [2.24, 2.45) is 11.1 Å². The molecule has 4 rings (SSSR count). The first-order valence-electron chi connectivity index (χ1n) is 13.1. The van der Waals surface area contributed by atoms with Gasteiger partial charge in [0.25, 0.3) is 11.8 Å². The van der Waals surface area contributed by atoms with Crippen molar-refractivity contribution in [2.75, 3.05) is 6.54 Å². The van der Waals surface area contributed by atoms with Gasteiger partial charge >= 0.3 is 5.97 Å². The molecule has 0 aromatic heterocycles. The highest BCUT2D eigenvalue weighted by Crippen LogP contribution is 2.28. The maximum atomic E-state index is 13.1. The van der Waals surface area contributed by atoms with Gasteiger partial charge in [0.1, 0.15) is 6.04 Å². The van der Waals surface area contributed by atoms with Gasteiger partial charge in [-0.1, -0.05) is 50.2 Å². The van der Waals surface area contributed by atoms with Crippen LogP contribution in [0, 0.1) is 5.92 Å². The van der Waals surface area contributed by atoms with Gasteiger partial charge in [0.2, 0.25) is 15.9 Å². The molecule has 1 aliphatic heterocycles. The van der Waals surface area contributed by atoms with Gasteiger partial charge in [-0.05, 0) is 59.4 Å². The van der Waals surface area contributed by atoms with Crippen molar-refractivity contribution in [1.29, 1.82) is 0 Å². The van der Waals surface area contributed by atoms with Crippen molar-refractivity contribution in [3.05, 3.63) is 77.4 Å². The summed E-state index contributed by atoms with van der Waals surface area (Å²) in [5, 5.41) is 22.3. The number of fused-ring (bicyclic) bond motifs is 2. The number of nitrogens with two attached hydrogens (primary N) is 1. The monoisotopic (exact) mass is 580 g/mol. The Morgan fingerprint density at radius 1 is 0.927 bits per heavy atom. The Bertz CT molecular complexity index is 1550. The van der Waals surface area contributed by atoms with E-state index in [9.17, 15) is 32.7 Å².